The molecular formula is C19H16BrN3O3. The van der Waals surface area contributed by atoms with Crippen LogP contribution in [0.3, 0.4) is 0 Å². The summed E-state index contributed by atoms with van der Waals surface area (Å²) in [6.07, 6.45) is 3.56. The second kappa shape index (κ2) is 8.44. The number of rotatable bonds is 6. The summed E-state index contributed by atoms with van der Waals surface area (Å²) in [5.41, 5.74) is 2.26. The molecule has 6 nitrogen and oxygen atoms in total. The van der Waals surface area contributed by atoms with Gasteiger partial charge < -0.3 is 10.1 Å². The second-order valence-corrected chi connectivity index (χ2v) is 6.38. The number of ether oxygens (including phenoxy) is 1. The van der Waals surface area contributed by atoms with Gasteiger partial charge in [0.25, 0.3) is 5.91 Å². The number of amides is 1. The lowest BCUT2D eigenvalue weighted by molar-refractivity contribution is -0.143. The molecular weight excluding hydrogens is 398 g/mol. The average Bonchev–Trinajstić information content (AvgIpc) is 3.20. The molecule has 1 N–H and O–H groups in total. The van der Waals surface area contributed by atoms with Gasteiger partial charge in [-0.3, -0.25) is 9.59 Å². The number of halogens is 1. The minimum Gasteiger partial charge on any atom is -0.460 e. The highest BCUT2D eigenvalue weighted by Gasteiger charge is 2.09. The first-order chi connectivity index (χ1) is 12.6. The highest BCUT2D eigenvalue weighted by atomic mass is 79.9. The van der Waals surface area contributed by atoms with E-state index in [1.807, 2.05) is 36.5 Å². The van der Waals surface area contributed by atoms with Gasteiger partial charge in [-0.25, -0.2) is 4.68 Å². The smallest absolute Gasteiger partial charge is 0.325 e. The van der Waals surface area contributed by atoms with Crippen molar-refractivity contribution in [3.8, 4) is 5.69 Å². The van der Waals surface area contributed by atoms with Gasteiger partial charge in [-0.05, 0) is 48.0 Å². The van der Waals surface area contributed by atoms with E-state index in [0.717, 1.165) is 15.7 Å². The zero-order valence-electron chi connectivity index (χ0n) is 13.8. The number of benzene rings is 2. The van der Waals surface area contributed by atoms with E-state index in [4.69, 9.17) is 4.74 Å². The van der Waals surface area contributed by atoms with E-state index in [-0.39, 0.29) is 19.1 Å². The van der Waals surface area contributed by atoms with Crippen molar-refractivity contribution in [2.75, 3.05) is 6.54 Å². The van der Waals surface area contributed by atoms with Gasteiger partial charge in [0, 0.05) is 22.4 Å². The van der Waals surface area contributed by atoms with Gasteiger partial charge in [-0.1, -0.05) is 28.1 Å². The number of nitrogens with zero attached hydrogens (tertiary/aromatic N) is 2. The summed E-state index contributed by atoms with van der Waals surface area (Å²) < 4.78 is 7.81. The zero-order valence-corrected chi connectivity index (χ0v) is 15.3. The summed E-state index contributed by atoms with van der Waals surface area (Å²) in [5.74, 6) is -0.815. The first-order valence-corrected chi connectivity index (χ1v) is 8.69. The lowest BCUT2D eigenvalue weighted by atomic mass is 10.2. The summed E-state index contributed by atoms with van der Waals surface area (Å²) in [6.45, 7) is -0.0351. The van der Waals surface area contributed by atoms with E-state index in [1.54, 1.807) is 35.1 Å². The van der Waals surface area contributed by atoms with Crippen LogP contribution in [0.4, 0.5) is 0 Å². The first kappa shape index (κ1) is 17.9. The van der Waals surface area contributed by atoms with Crippen LogP contribution in [-0.2, 0) is 16.1 Å². The third kappa shape index (κ3) is 4.80. The van der Waals surface area contributed by atoms with E-state index in [1.165, 1.54) is 0 Å². The highest BCUT2D eigenvalue weighted by molar-refractivity contribution is 9.10. The maximum absolute atomic E-state index is 11.9. The molecule has 7 heteroatoms. The summed E-state index contributed by atoms with van der Waals surface area (Å²) in [5, 5.41) is 6.69. The van der Waals surface area contributed by atoms with Crippen molar-refractivity contribution in [2.45, 2.75) is 6.61 Å². The fourth-order valence-electron chi connectivity index (χ4n) is 2.24. The Kier molecular flexibility index (Phi) is 5.80. The molecule has 3 aromatic rings. The van der Waals surface area contributed by atoms with Crippen LogP contribution >= 0.6 is 15.9 Å². The summed E-state index contributed by atoms with van der Waals surface area (Å²) in [6, 6.07) is 16.2. The van der Waals surface area contributed by atoms with Crippen LogP contribution < -0.4 is 5.32 Å². The molecule has 0 spiro atoms. The predicted molar refractivity (Wildman–Crippen MR) is 99.8 cm³/mol. The number of hydrogen-bond acceptors (Lipinski definition) is 4. The molecule has 3 rings (SSSR count). The van der Waals surface area contributed by atoms with Crippen molar-refractivity contribution < 1.29 is 14.3 Å². The molecule has 0 radical (unpaired) electrons. The Morgan fingerprint density at radius 1 is 1.08 bits per heavy atom. The minimum absolute atomic E-state index is 0.145. The van der Waals surface area contributed by atoms with Crippen molar-refractivity contribution >= 4 is 27.8 Å². The SMILES string of the molecule is O=C(CNC(=O)c1ccc(Br)cc1)OCc1ccc(-n2cccn2)cc1. The Hall–Kier alpha value is -2.93. The molecule has 1 amide bonds. The molecule has 0 aliphatic carbocycles. The van der Waals surface area contributed by atoms with Crippen molar-refractivity contribution in [3.63, 3.8) is 0 Å². The van der Waals surface area contributed by atoms with Gasteiger partial charge in [0.15, 0.2) is 0 Å². The van der Waals surface area contributed by atoms with Crippen molar-refractivity contribution in [2.24, 2.45) is 0 Å². The Morgan fingerprint density at radius 2 is 1.81 bits per heavy atom. The monoisotopic (exact) mass is 413 g/mol. The Morgan fingerprint density at radius 3 is 2.46 bits per heavy atom. The maximum Gasteiger partial charge on any atom is 0.325 e. The number of hydrogen-bond donors (Lipinski definition) is 1. The number of esters is 1. The van der Waals surface area contributed by atoms with E-state index in [9.17, 15) is 9.59 Å². The lowest BCUT2D eigenvalue weighted by Gasteiger charge is -2.08. The average molecular weight is 414 g/mol. The maximum atomic E-state index is 11.9. The molecule has 1 heterocycles. The summed E-state index contributed by atoms with van der Waals surface area (Å²) in [7, 11) is 0. The molecule has 26 heavy (non-hydrogen) atoms. The molecule has 0 bridgehead atoms. The largest absolute Gasteiger partial charge is 0.460 e. The second-order valence-electron chi connectivity index (χ2n) is 5.47. The topological polar surface area (TPSA) is 73.2 Å². The van der Waals surface area contributed by atoms with Crippen LogP contribution in [0.2, 0.25) is 0 Å². The quantitative estimate of drug-likeness (QED) is 0.630. The van der Waals surface area contributed by atoms with E-state index in [2.05, 4.69) is 26.3 Å². The minimum atomic E-state index is -0.494. The van der Waals surface area contributed by atoms with Crippen LogP contribution in [0.25, 0.3) is 5.69 Å². The Labute approximate surface area is 158 Å². The Balaban J connectivity index is 1.45. The summed E-state index contributed by atoms with van der Waals surface area (Å²) in [4.78, 5) is 23.7. The van der Waals surface area contributed by atoms with Crippen LogP contribution in [0, 0.1) is 0 Å². The van der Waals surface area contributed by atoms with Gasteiger partial charge in [-0.15, -0.1) is 0 Å². The molecule has 1 aromatic heterocycles. The van der Waals surface area contributed by atoms with Crippen LogP contribution in [0.1, 0.15) is 15.9 Å². The number of carbonyl (C=O) groups excluding carboxylic acids is 2. The molecule has 0 unspecified atom stereocenters. The number of nitrogens with one attached hydrogen (secondary N) is 1. The predicted octanol–water partition coefficient (Wildman–Crippen LogP) is 3.11. The third-order valence-electron chi connectivity index (χ3n) is 3.60. The van der Waals surface area contributed by atoms with Crippen molar-refractivity contribution in [3.05, 3.63) is 82.6 Å². The van der Waals surface area contributed by atoms with Crippen LogP contribution in [0.15, 0.2) is 71.5 Å². The molecule has 0 saturated carbocycles. The third-order valence-corrected chi connectivity index (χ3v) is 4.13. The van der Waals surface area contributed by atoms with Gasteiger partial charge in [0.1, 0.15) is 13.2 Å². The molecule has 0 saturated heterocycles. The molecule has 0 aliphatic rings. The van der Waals surface area contributed by atoms with Crippen molar-refractivity contribution in [1.29, 1.82) is 0 Å². The normalized spacial score (nSPS) is 10.3. The van der Waals surface area contributed by atoms with Gasteiger partial charge >= 0.3 is 5.97 Å². The van der Waals surface area contributed by atoms with Crippen LogP contribution in [0.5, 0.6) is 0 Å². The zero-order chi connectivity index (χ0) is 18.4. The van der Waals surface area contributed by atoms with E-state index < -0.39 is 5.97 Å². The number of carbonyl (C=O) groups is 2. The van der Waals surface area contributed by atoms with Crippen LogP contribution in [-0.4, -0.2) is 28.2 Å². The van der Waals surface area contributed by atoms with E-state index in [0.29, 0.717) is 5.56 Å². The fourth-order valence-corrected chi connectivity index (χ4v) is 2.50. The standard InChI is InChI=1S/C19H16BrN3O3/c20-16-6-4-15(5-7-16)19(25)21-12-18(24)26-13-14-2-8-17(9-3-14)23-11-1-10-22-23/h1-11H,12-13H2,(H,21,25). The van der Waals surface area contributed by atoms with Crippen molar-refractivity contribution in [1.82, 2.24) is 15.1 Å². The molecule has 0 atom stereocenters. The molecule has 132 valence electrons. The molecule has 0 aliphatic heterocycles. The van der Waals surface area contributed by atoms with Gasteiger partial charge in [0.2, 0.25) is 0 Å². The molecule has 0 fully saturated rings. The van der Waals surface area contributed by atoms with Gasteiger partial charge in [-0.2, -0.15) is 5.10 Å². The summed E-state index contributed by atoms with van der Waals surface area (Å²) >= 11 is 3.30. The lowest BCUT2D eigenvalue weighted by Crippen LogP contribution is -2.30. The highest BCUT2D eigenvalue weighted by Crippen LogP contribution is 2.11. The number of aromatic nitrogens is 2. The van der Waals surface area contributed by atoms with Gasteiger partial charge in [0.05, 0.1) is 5.69 Å². The van der Waals surface area contributed by atoms with E-state index >= 15 is 0 Å². The first-order valence-electron chi connectivity index (χ1n) is 7.90. The fraction of sp³-hybridized carbons (Fsp3) is 0.105. The molecule has 2 aromatic carbocycles. The Bertz CT molecular complexity index is 875.